The van der Waals surface area contributed by atoms with Crippen molar-refractivity contribution in [2.24, 2.45) is 0 Å². The van der Waals surface area contributed by atoms with E-state index >= 15 is 0 Å². The van der Waals surface area contributed by atoms with Crippen LogP contribution >= 0.6 is 0 Å². The predicted octanol–water partition coefficient (Wildman–Crippen LogP) is 1.81. The lowest BCUT2D eigenvalue weighted by Gasteiger charge is -2.20. The number of rotatable bonds is 5. The molecule has 5 nitrogen and oxygen atoms in total. The zero-order valence-corrected chi connectivity index (χ0v) is 8.31. The molecule has 0 heterocycles. The molecule has 0 unspecified atom stereocenters. The van der Waals surface area contributed by atoms with Gasteiger partial charge in [-0.25, -0.2) is 4.79 Å². The lowest BCUT2D eigenvalue weighted by molar-refractivity contribution is -0.291. The number of carbonyl (C=O) groups is 1. The zero-order valence-electron chi connectivity index (χ0n) is 8.31. The molecule has 0 amide bonds. The molecular formula is C8H16O5. The number of hydrogen-bond donors (Lipinski definition) is 1. The maximum absolute atomic E-state index is 10.2. The van der Waals surface area contributed by atoms with Crippen molar-refractivity contribution in [2.45, 2.75) is 46.4 Å². The maximum atomic E-state index is 10.2. The minimum Gasteiger partial charge on any atom is -0.450 e. The third-order valence-corrected chi connectivity index (χ3v) is 0.964. The monoisotopic (exact) mass is 192 g/mol. The van der Waals surface area contributed by atoms with E-state index in [1.165, 1.54) is 0 Å². The molecule has 0 saturated heterocycles. The fraction of sp³-hybridized carbons (Fsp3) is 0.875. The van der Waals surface area contributed by atoms with Crippen molar-refractivity contribution < 1.29 is 24.1 Å². The molecule has 0 aromatic carbocycles. The highest BCUT2D eigenvalue weighted by Gasteiger charge is 2.17. The molecule has 5 heteroatoms. The van der Waals surface area contributed by atoms with Crippen molar-refractivity contribution in [3.63, 3.8) is 0 Å². The molecule has 0 radical (unpaired) electrons. The molecule has 0 aromatic heterocycles. The van der Waals surface area contributed by atoms with Gasteiger partial charge in [0, 0.05) is 0 Å². The Morgan fingerprint density at radius 2 is 1.46 bits per heavy atom. The SMILES string of the molecule is CC(C)OC(OC(=O)O)OC(C)C. The predicted molar refractivity (Wildman–Crippen MR) is 45.3 cm³/mol. The van der Waals surface area contributed by atoms with Gasteiger partial charge >= 0.3 is 12.6 Å². The Morgan fingerprint density at radius 3 is 1.69 bits per heavy atom. The molecule has 0 aliphatic carbocycles. The van der Waals surface area contributed by atoms with E-state index < -0.39 is 12.6 Å². The molecule has 0 aliphatic rings. The summed E-state index contributed by atoms with van der Waals surface area (Å²) in [5.41, 5.74) is 0. The molecule has 0 saturated carbocycles. The molecule has 0 bridgehead atoms. The molecule has 0 aliphatic heterocycles. The summed E-state index contributed by atoms with van der Waals surface area (Å²) in [6, 6.07) is 0. The summed E-state index contributed by atoms with van der Waals surface area (Å²) in [5.74, 6) is 0. The highest BCUT2D eigenvalue weighted by molar-refractivity contribution is 5.56. The fourth-order valence-corrected chi connectivity index (χ4v) is 0.614. The van der Waals surface area contributed by atoms with Crippen LogP contribution in [0.1, 0.15) is 27.7 Å². The Bertz CT molecular complexity index is 145. The van der Waals surface area contributed by atoms with Crippen LogP contribution in [0.15, 0.2) is 0 Å². The van der Waals surface area contributed by atoms with Gasteiger partial charge < -0.3 is 19.3 Å². The quantitative estimate of drug-likeness (QED) is 0.531. The fourth-order valence-electron chi connectivity index (χ4n) is 0.614. The Kier molecular flexibility index (Phi) is 5.41. The van der Waals surface area contributed by atoms with E-state index in [1.54, 1.807) is 27.7 Å². The third kappa shape index (κ3) is 7.55. The van der Waals surface area contributed by atoms with Crippen LogP contribution in [0.3, 0.4) is 0 Å². The van der Waals surface area contributed by atoms with Crippen molar-refractivity contribution in [1.82, 2.24) is 0 Å². The largest absolute Gasteiger partial charge is 0.509 e. The van der Waals surface area contributed by atoms with Crippen LogP contribution in [-0.4, -0.2) is 29.9 Å². The number of carboxylic acid groups (broad SMARTS) is 1. The average molecular weight is 192 g/mol. The summed E-state index contributed by atoms with van der Waals surface area (Å²) in [6.45, 7) is 5.92. The smallest absolute Gasteiger partial charge is 0.450 e. The first-order valence-corrected chi connectivity index (χ1v) is 4.12. The van der Waals surface area contributed by atoms with Crippen molar-refractivity contribution >= 4 is 6.16 Å². The summed E-state index contributed by atoms with van der Waals surface area (Å²) in [5, 5.41) is 8.33. The third-order valence-electron chi connectivity index (χ3n) is 0.964. The van der Waals surface area contributed by atoms with Gasteiger partial charge in [0.05, 0.1) is 12.2 Å². The Hall–Kier alpha value is -0.810. The molecule has 1 N–H and O–H groups in total. The molecule has 78 valence electrons. The van der Waals surface area contributed by atoms with Crippen LogP contribution in [0.2, 0.25) is 0 Å². The molecule has 13 heavy (non-hydrogen) atoms. The number of hydrogen-bond acceptors (Lipinski definition) is 4. The van der Waals surface area contributed by atoms with E-state index in [-0.39, 0.29) is 12.2 Å². The first kappa shape index (κ1) is 12.2. The van der Waals surface area contributed by atoms with E-state index in [0.717, 1.165) is 0 Å². The average Bonchev–Trinajstić information content (AvgIpc) is 1.80. The van der Waals surface area contributed by atoms with Crippen molar-refractivity contribution in [3.8, 4) is 0 Å². The van der Waals surface area contributed by atoms with Gasteiger partial charge in [0.2, 0.25) is 0 Å². The van der Waals surface area contributed by atoms with Crippen LogP contribution in [-0.2, 0) is 14.2 Å². The molecule has 0 spiro atoms. The van der Waals surface area contributed by atoms with Crippen LogP contribution < -0.4 is 0 Å². The minimum absolute atomic E-state index is 0.150. The number of ether oxygens (including phenoxy) is 3. The molecule has 0 rings (SSSR count). The van der Waals surface area contributed by atoms with Crippen molar-refractivity contribution in [3.05, 3.63) is 0 Å². The van der Waals surface area contributed by atoms with Crippen LogP contribution in [0.4, 0.5) is 4.79 Å². The van der Waals surface area contributed by atoms with Gasteiger partial charge in [-0.1, -0.05) is 0 Å². The minimum atomic E-state index is -1.41. The second-order valence-corrected chi connectivity index (χ2v) is 3.04. The van der Waals surface area contributed by atoms with E-state index in [9.17, 15) is 4.79 Å². The van der Waals surface area contributed by atoms with E-state index in [2.05, 4.69) is 4.74 Å². The molecular weight excluding hydrogens is 176 g/mol. The molecule has 0 atom stereocenters. The van der Waals surface area contributed by atoms with Crippen LogP contribution in [0.5, 0.6) is 0 Å². The van der Waals surface area contributed by atoms with Gasteiger partial charge in [-0.3, -0.25) is 0 Å². The maximum Gasteiger partial charge on any atom is 0.509 e. The van der Waals surface area contributed by atoms with Gasteiger partial charge in [0.1, 0.15) is 0 Å². The van der Waals surface area contributed by atoms with E-state index in [1.807, 2.05) is 0 Å². The standard InChI is InChI=1S/C8H16O5/c1-5(2)11-8(12-6(3)4)13-7(9)10/h5-6,8H,1-4H3,(H,9,10). The van der Waals surface area contributed by atoms with Crippen LogP contribution in [0, 0.1) is 0 Å². The molecule has 0 fully saturated rings. The second kappa shape index (κ2) is 5.77. The summed E-state index contributed by atoms with van der Waals surface area (Å²) >= 11 is 0. The van der Waals surface area contributed by atoms with E-state index in [0.29, 0.717) is 0 Å². The first-order chi connectivity index (χ1) is 5.91. The second-order valence-electron chi connectivity index (χ2n) is 3.04. The Balaban J connectivity index is 3.95. The lowest BCUT2D eigenvalue weighted by Crippen LogP contribution is -2.29. The van der Waals surface area contributed by atoms with E-state index in [4.69, 9.17) is 14.6 Å². The zero-order chi connectivity index (χ0) is 10.4. The van der Waals surface area contributed by atoms with Gasteiger partial charge in [-0.15, -0.1) is 0 Å². The van der Waals surface area contributed by atoms with Gasteiger partial charge in [-0.05, 0) is 27.7 Å². The summed E-state index contributed by atoms with van der Waals surface area (Å²) in [6.07, 6.45) is -1.71. The van der Waals surface area contributed by atoms with Gasteiger partial charge in [0.15, 0.2) is 0 Å². The van der Waals surface area contributed by atoms with Crippen molar-refractivity contribution in [1.29, 1.82) is 0 Å². The summed E-state index contributed by atoms with van der Waals surface area (Å²) in [7, 11) is 0. The summed E-state index contributed by atoms with van der Waals surface area (Å²) in [4.78, 5) is 10.2. The van der Waals surface area contributed by atoms with Crippen molar-refractivity contribution in [2.75, 3.05) is 0 Å². The topological polar surface area (TPSA) is 65.0 Å². The van der Waals surface area contributed by atoms with Gasteiger partial charge in [-0.2, -0.15) is 0 Å². The highest BCUT2D eigenvalue weighted by Crippen LogP contribution is 2.05. The summed E-state index contributed by atoms with van der Waals surface area (Å²) < 4.78 is 14.4. The first-order valence-electron chi connectivity index (χ1n) is 4.12. The highest BCUT2D eigenvalue weighted by atomic mass is 16.9. The van der Waals surface area contributed by atoms with Gasteiger partial charge in [0.25, 0.3) is 0 Å². The Labute approximate surface area is 77.6 Å². The molecule has 0 aromatic rings. The lowest BCUT2D eigenvalue weighted by atomic mass is 10.5. The van der Waals surface area contributed by atoms with Crippen LogP contribution in [0.25, 0.3) is 0 Å². The normalized spacial score (nSPS) is 11.3. The Morgan fingerprint density at radius 1 is 1.08 bits per heavy atom.